The molecule has 0 aliphatic carbocycles. The number of carbonyl (C=O) groups is 2. The minimum atomic E-state index is -0.706. The van der Waals surface area contributed by atoms with Crippen LogP contribution in [0.5, 0.6) is 0 Å². The Bertz CT molecular complexity index is 807. The van der Waals surface area contributed by atoms with E-state index >= 15 is 0 Å². The van der Waals surface area contributed by atoms with Gasteiger partial charge in [-0.15, -0.1) is 0 Å². The lowest BCUT2D eigenvalue weighted by molar-refractivity contribution is -0.129. The molecule has 0 saturated carbocycles. The Hall–Kier alpha value is -2.04. The van der Waals surface area contributed by atoms with Gasteiger partial charge in [0.15, 0.2) is 0 Å². The molecule has 4 nitrogen and oxygen atoms in total. The van der Waals surface area contributed by atoms with E-state index in [4.69, 9.17) is 23.2 Å². The van der Waals surface area contributed by atoms with Crippen LogP contribution in [0.3, 0.4) is 0 Å². The monoisotopic (exact) mass is 362 g/mol. The lowest BCUT2D eigenvalue weighted by Crippen LogP contribution is -2.33. The SMILES string of the molecule is Cc1c(Cl)cccc1N1CC[C@H](C(=O)Nc2cccc(Cl)c2)C1=O. The summed E-state index contributed by atoms with van der Waals surface area (Å²) in [7, 11) is 0. The number of hydrogen-bond donors (Lipinski definition) is 1. The topological polar surface area (TPSA) is 49.4 Å². The molecule has 1 fully saturated rings. The summed E-state index contributed by atoms with van der Waals surface area (Å²) in [4.78, 5) is 26.7. The maximum atomic E-state index is 12.7. The standard InChI is InChI=1S/C18H16Cl2N2O2/c1-11-15(20)6-3-7-16(11)22-9-8-14(18(22)24)17(23)21-13-5-2-4-12(19)10-13/h2-7,10,14H,8-9H2,1H3,(H,21,23)/t14-/m1/s1. The number of benzene rings is 2. The van der Waals surface area contributed by atoms with Crippen LogP contribution in [0.15, 0.2) is 42.5 Å². The van der Waals surface area contributed by atoms with Gasteiger partial charge >= 0.3 is 0 Å². The lowest BCUT2D eigenvalue weighted by atomic mass is 10.1. The van der Waals surface area contributed by atoms with E-state index in [1.807, 2.05) is 13.0 Å². The van der Waals surface area contributed by atoms with Crippen LogP contribution < -0.4 is 10.2 Å². The van der Waals surface area contributed by atoms with Crippen molar-refractivity contribution in [3.05, 3.63) is 58.1 Å². The van der Waals surface area contributed by atoms with Crippen LogP contribution in [0.2, 0.25) is 10.0 Å². The second-order valence-corrected chi connectivity index (χ2v) is 6.56. The number of anilines is 2. The fraction of sp³-hybridized carbons (Fsp3) is 0.222. The van der Waals surface area contributed by atoms with E-state index in [0.29, 0.717) is 28.7 Å². The van der Waals surface area contributed by atoms with E-state index in [1.165, 1.54) is 0 Å². The van der Waals surface area contributed by atoms with Crippen LogP contribution >= 0.6 is 23.2 Å². The first-order valence-electron chi connectivity index (χ1n) is 7.60. The number of amides is 2. The molecule has 0 bridgehead atoms. The summed E-state index contributed by atoms with van der Waals surface area (Å²) in [6, 6.07) is 12.3. The number of halogens is 2. The van der Waals surface area contributed by atoms with Crippen LogP contribution in [-0.2, 0) is 9.59 Å². The molecule has 1 atom stereocenters. The molecule has 2 aromatic carbocycles. The maximum absolute atomic E-state index is 12.7. The summed E-state index contributed by atoms with van der Waals surface area (Å²) in [6.07, 6.45) is 0.469. The summed E-state index contributed by atoms with van der Waals surface area (Å²) in [5.74, 6) is -1.23. The highest BCUT2D eigenvalue weighted by molar-refractivity contribution is 6.32. The van der Waals surface area contributed by atoms with Crippen LogP contribution in [0.4, 0.5) is 11.4 Å². The van der Waals surface area contributed by atoms with E-state index in [9.17, 15) is 9.59 Å². The van der Waals surface area contributed by atoms with Gasteiger partial charge in [-0.3, -0.25) is 9.59 Å². The lowest BCUT2D eigenvalue weighted by Gasteiger charge is -2.19. The Kier molecular flexibility index (Phi) is 4.78. The number of nitrogens with zero attached hydrogens (tertiary/aromatic N) is 1. The Balaban J connectivity index is 1.76. The van der Waals surface area contributed by atoms with Gasteiger partial charge in [0.25, 0.3) is 0 Å². The van der Waals surface area contributed by atoms with Gasteiger partial charge in [-0.2, -0.15) is 0 Å². The largest absolute Gasteiger partial charge is 0.325 e. The molecule has 2 aromatic rings. The molecule has 0 unspecified atom stereocenters. The molecule has 0 radical (unpaired) electrons. The van der Waals surface area contributed by atoms with Gasteiger partial charge in [0, 0.05) is 28.0 Å². The summed E-state index contributed by atoms with van der Waals surface area (Å²) < 4.78 is 0. The van der Waals surface area contributed by atoms with Gasteiger partial charge in [-0.25, -0.2) is 0 Å². The molecule has 1 saturated heterocycles. The molecule has 124 valence electrons. The third kappa shape index (κ3) is 3.25. The van der Waals surface area contributed by atoms with Gasteiger partial charge in [-0.05, 0) is 49.2 Å². The third-order valence-corrected chi connectivity index (χ3v) is 4.79. The molecule has 1 aliphatic rings. The predicted octanol–water partition coefficient (Wildman–Crippen LogP) is 4.29. The smallest absolute Gasteiger partial charge is 0.239 e. The van der Waals surface area contributed by atoms with Gasteiger partial charge in [0.05, 0.1) is 0 Å². The summed E-state index contributed by atoms with van der Waals surface area (Å²) >= 11 is 12.0. The predicted molar refractivity (Wildman–Crippen MR) is 96.7 cm³/mol. The highest BCUT2D eigenvalue weighted by atomic mass is 35.5. The number of rotatable bonds is 3. The van der Waals surface area contributed by atoms with E-state index in [0.717, 1.165) is 11.3 Å². The second-order valence-electron chi connectivity index (χ2n) is 5.71. The summed E-state index contributed by atoms with van der Waals surface area (Å²) in [5.41, 5.74) is 2.17. The molecule has 1 heterocycles. The highest BCUT2D eigenvalue weighted by Crippen LogP contribution is 2.32. The van der Waals surface area contributed by atoms with Crippen molar-refractivity contribution in [2.75, 3.05) is 16.8 Å². The van der Waals surface area contributed by atoms with E-state index in [2.05, 4.69) is 5.32 Å². The fourth-order valence-corrected chi connectivity index (χ4v) is 3.21. The molecule has 1 N–H and O–H groups in total. The Morgan fingerprint density at radius 2 is 1.96 bits per heavy atom. The first-order valence-corrected chi connectivity index (χ1v) is 8.36. The van der Waals surface area contributed by atoms with Gasteiger partial charge < -0.3 is 10.2 Å². The summed E-state index contributed by atoms with van der Waals surface area (Å²) in [5, 5.41) is 3.89. The van der Waals surface area contributed by atoms with Crippen molar-refractivity contribution in [3.8, 4) is 0 Å². The van der Waals surface area contributed by atoms with Crippen molar-refractivity contribution in [1.29, 1.82) is 0 Å². The molecule has 0 aromatic heterocycles. The second kappa shape index (κ2) is 6.83. The van der Waals surface area contributed by atoms with Gasteiger partial charge in [-0.1, -0.05) is 35.3 Å². The minimum absolute atomic E-state index is 0.208. The quantitative estimate of drug-likeness (QED) is 0.827. The zero-order valence-electron chi connectivity index (χ0n) is 13.1. The van der Waals surface area contributed by atoms with Crippen LogP contribution in [0, 0.1) is 12.8 Å². The number of nitrogens with one attached hydrogen (secondary N) is 1. The van der Waals surface area contributed by atoms with Gasteiger partial charge in [0.2, 0.25) is 11.8 Å². The Labute approximate surface area is 150 Å². The summed E-state index contributed by atoms with van der Waals surface area (Å²) in [6.45, 7) is 2.36. The molecule has 24 heavy (non-hydrogen) atoms. The zero-order valence-corrected chi connectivity index (χ0v) is 14.6. The molecule has 2 amide bonds. The maximum Gasteiger partial charge on any atom is 0.239 e. The van der Waals surface area contributed by atoms with Crippen molar-refractivity contribution >= 4 is 46.4 Å². The highest BCUT2D eigenvalue weighted by Gasteiger charge is 2.38. The van der Waals surface area contributed by atoms with Crippen molar-refractivity contribution in [2.24, 2.45) is 5.92 Å². The molecular formula is C18H16Cl2N2O2. The molecule has 0 spiro atoms. The number of carbonyl (C=O) groups excluding carboxylic acids is 2. The van der Waals surface area contributed by atoms with Crippen LogP contribution in [0.1, 0.15) is 12.0 Å². The molecule has 3 rings (SSSR count). The van der Waals surface area contributed by atoms with Gasteiger partial charge in [0.1, 0.15) is 5.92 Å². The Morgan fingerprint density at radius 1 is 1.21 bits per heavy atom. The normalized spacial score (nSPS) is 17.2. The zero-order chi connectivity index (χ0) is 17.3. The van der Waals surface area contributed by atoms with Crippen molar-refractivity contribution in [3.63, 3.8) is 0 Å². The number of hydrogen-bond acceptors (Lipinski definition) is 2. The van der Waals surface area contributed by atoms with E-state index in [1.54, 1.807) is 41.3 Å². The van der Waals surface area contributed by atoms with E-state index < -0.39 is 5.92 Å². The first-order chi connectivity index (χ1) is 11.5. The molecule has 6 heteroatoms. The molecule has 1 aliphatic heterocycles. The Morgan fingerprint density at radius 3 is 2.71 bits per heavy atom. The average Bonchev–Trinajstić information content (AvgIpc) is 2.92. The first kappa shape index (κ1) is 16.8. The van der Waals surface area contributed by atoms with Crippen molar-refractivity contribution in [2.45, 2.75) is 13.3 Å². The van der Waals surface area contributed by atoms with Crippen molar-refractivity contribution < 1.29 is 9.59 Å². The van der Waals surface area contributed by atoms with Crippen LogP contribution in [-0.4, -0.2) is 18.4 Å². The third-order valence-electron chi connectivity index (χ3n) is 4.14. The minimum Gasteiger partial charge on any atom is -0.325 e. The van der Waals surface area contributed by atoms with Crippen molar-refractivity contribution in [1.82, 2.24) is 0 Å². The average molecular weight is 363 g/mol. The fourth-order valence-electron chi connectivity index (χ4n) is 2.85. The van der Waals surface area contributed by atoms with E-state index in [-0.39, 0.29) is 11.8 Å². The molecular weight excluding hydrogens is 347 g/mol. The van der Waals surface area contributed by atoms with Crippen LogP contribution in [0.25, 0.3) is 0 Å².